The van der Waals surface area contributed by atoms with Gasteiger partial charge < -0.3 is 20.4 Å². The van der Waals surface area contributed by atoms with Gasteiger partial charge in [-0.15, -0.1) is 0 Å². The smallest absolute Gasteiger partial charge is 0.170 e. The molecule has 5 heteroatoms. The molecule has 0 spiro atoms. The van der Waals surface area contributed by atoms with Crippen LogP contribution in [-0.2, 0) is 4.74 Å². The predicted molar refractivity (Wildman–Crippen MR) is 60.9 cm³/mol. The first kappa shape index (κ1) is 12.3. The summed E-state index contributed by atoms with van der Waals surface area (Å²) in [5.74, 6) is 0.721. The van der Waals surface area contributed by atoms with Gasteiger partial charge in [-0.2, -0.15) is 0 Å². The Hall–Kier alpha value is -1.75. The minimum absolute atomic E-state index is 0.0486. The van der Waals surface area contributed by atoms with Crippen molar-refractivity contribution in [2.24, 2.45) is 10.9 Å². The number of rotatable bonds is 5. The third-order valence-corrected chi connectivity index (χ3v) is 1.98. The lowest BCUT2D eigenvalue weighted by molar-refractivity contribution is 0.0921. The molecule has 1 aromatic rings. The highest BCUT2D eigenvalue weighted by molar-refractivity contribution is 5.97. The molecular formula is C11H16N2O3. The molecular weight excluding hydrogens is 208 g/mol. The highest BCUT2D eigenvalue weighted by Crippen LogP contribution is 2.14. The van der Waals surface area contributed by atoms with Crippen molar-refractivity contribution in [1.29, 1.82) is 0 Å². The molecule has 0 aliphatic rings. The topological polar surface area (TPSA) is 77.1 Å². The third-order valence-electron chi connectivity index (χ3n) is 1.98. The first-order valence-electron chi connectivity index (χ1n) is 4.91. The molecule has 3 N–H and O–H groups in total. The summed E-state index contributed by atoms with van der Waals surface area (Å²) >= 11 is 0. The Balaban J connectivity index is 2.75. The summed E-state index contributed by atoms with van der Waals surface area (Å²) in [5.41, 5.74) is 6.09. The van der Waals surface area contributed by atoms with Gasteiger partial charge in [0.1, 0.15) is 11.9 Å². The molecule has 1 atom stereocenters. The SMILES string of the molecule is COCC(C)Oc1cccc(C(N)=NO)c1. The molecule has 0 saturated heterocycles. The van der Waals surface area contributed by atoms with E-state index in [1.54, 1.807) is 31.4 Å². The van der Waals surface area contributed by atoms with Crippen LogP contribution in [0.3, 0.4) is 0 Å². The molecule has 0 heterocycles. The van der Waals surface area contributed by atoms with E-state index in [0.717, 1.165) is 0 Å². The van der Waals surface area contributed by atoms with Crippen LogP contribution in [0.25, 0.3) is 0 Å². The maximum atomic E-state index is 8.55. The Labute approximate surface area is 94.5 Å². The van der Waals surface area contributed by atoms with Crippen LogP contribution in [0.1, 0.15) is 12.5 Å². The summed E-state index contributed by atoms with van der Waals surface area (Å²) in [6.07, 6.45) is -0.0486. The van der Waals surface area contributed by atoms with Crippen LogP contribution in [0, 0.1) is 0 Å². The van der Waals surface area contributed by atoms with Gasteiger partial charge in [-0.3, -0.25) is 0 Å². The molecule has 5 nitrogen and oxygen atoms in total. The largest absolute Gasteiger partial charge is 0.488 e. The van der Waals surface area contributed by atoms with Crippen LogP contribution in [0.15, 0.2) is 29.4 Å². The van der Waals surface area contributed by atoms with Crippen molar-refractivity contribution in [3.8, 4) is 5.75 Å². The summed E-state index contributed by atoms with van der Waals surface area (Å²) in [6.45, 7) is 2.41. The number of amidine groups is 1. The number of methoxy groups -OCH3 is 1. The van der Waals surface area contributed by atoms with Crippen LogP contribution in [0.5, 0.6) is 5.75 Å². The fraction of sp³-hybridized carbons (Fsp3) is 0.364. The molecule has 88 valence electrons. The van der Waals surface area contributed by atoms with Gasteiger partial charge >= 0.3 is 0 Å². The molecule has 16 heavy (non-hydrogen) atoms. The Morgan fingerprint density at radius 1 is 1.56 bits per heavy atom. The normalized spacial score (nSPS) is 13.5. The van der Waals surface area contributed by atoms with Crippen molar-refractivity contribution in [2.45, 2.75) is 13.0 Å². The third kappa shape index (κ3) is 3.43. The molecule has 0 aliphatic carbocycles. The summed E-state index contributed by atoms with van der Waals surface area (Å²) in [5, 5.41) is 11.5. The second-order valence-corrected chi connectivity index (χ2v) is 3.40. The number of hydrogen-bond acceptors (Lipinski definition) is 4. The molecule has 0 fully saturated rings. The Morgan fingerprint density at radius 2 is 2.31 bits per heavy atom. The molecule has 1 aromatic carbocycles. The van der Waals surface area contributed by atoms with Crippen molar-refractivity contribution in [3.63, 3.8) is 0 Å². The summed E-state index contributed by atoms with van der Waals surface area (Å²) in [7, 11) is 1.62. The summed E-state index contributed by atoms with van der Waals surface area (Å²) < 4.78 is 10.5. The lowest BCUT2D eigenvalue weighted by Gasteiger charge is -2.14. The van der Waals surface area contributed by atoms with Crippen molar-refractivity contribution >= 4 is 5.84 Å². The molecule has 1 rings (SSSR count). The number of ether oxygens (including phenoxy) is 2. The van der Waals surface area contributed by atoms with E-state index in [9.17, 15) is 0 Å². The van der Waals surface area contributed by atoms with Crippen molar-refractivity contribution < 1.29 is 14.7 Å². The first-order chi connectivity index (χ1) is 7.67. The number of hydrogen-bond donors (Lipinski definition) is 2. The minimum Gasteiger partial charge on any atom is -0.488 e. The Morgan fingerprint density at radius 3 is 2.94 bits per heavy atom. The van der Waals surface area contributed by atoms with E-state index in [-0.39, 0.29) is 11.9 Å². The number of oxime groups is 1. The van der Waals surface area contributed by atoms with Crippen LogP contribution < -0.4 is 10.5 Å². The summed E-state index contributed by atoms with van der Waals surface area (Å²) in [4.78, 5) is 0. The van der Waals surface area contributed by atoms with Gasteiger partial charge in [0, 0.05) is 12.7 Å². The Kier molecular flexibility index (Phi) is 4.60. The van der Waals surface area contributed by atoms with E-state index >= 15 is 0 Å². The Bertz CT molecular complexity index is 366. The first-order valence-corrected chi connectivity index (χ1v) is 4.91. The van der Waals surface area contributed by atoms with E-state index in [0.29, 0.717) is 17.9 Å². The van der Waals surface area contributed by atoms with Crippen LogP contribution >= 0.6 is 0 Å². The highest BCUT2D eigenvalue weighted by atomic mass is 16.5. The van der Waals surface area contributed by atoms with E-state index in [4.69, 9.17) is 20.4 Å². The quantitative estimate of drug-likeness (QED) is 0.341. The zero-order valence-corrected chi connectivity index (χ0v) is 9.38. The average molecular weight is 224 g/mol. The van der Waals surface area contributed by atoms with Crippen LogP contribution in [0.4, 0.5) is 0 Å². The van der Waals surface area contributed by atoms with Gasteiger partial charge in [-0.05, 0) is 19.1 Å². The molecule has 0 bridgehead atoms. The zero-order chi connectivity index (χ0) is 12.0. The van der Waals surface area contributed by atoms with E-state index < -0.39 is 0 Å². The van der Waals surface area contributed by atoms with Crippen molar-refractivity contribution in [2.75, 3.05) is 13.7 Å². The predicted octanol–water partition coefficient (Wildman–Crippen LogP) is 1.19. The number of nitrogens with two attached hydrogens (primary N) is 1. The molecule has 0 aromatic heterocycles. The number of nitrogens with zero attached hydrogens (tertiary/aromatic N) is 1. The molecule has 0 radical (unpaired) electrons. The second kappa shape index (κ2) is 5.97. The van der Waals surface area contributed by atoms with Crippen molar-refractivity contribution in [1.82, 2.24) is 0 Å². The standard InChI is InChI=1S/C11H16N2O3/c1-8(7-15-2)16-10-5-3-4-9(6-10)11(12)13-14/h3-6,8,14H,7H2,1-2H3,(H2,12,13). The van der Waals surface area contributed by atoms with Crippen molar-refractivity contribution in [3.05, 3.63) is 29.8 Å². The molecule has 1 unspecified atom stereocenters. The van der Waals surface area contributed by atoms with Gasteiger partial charge in [0.15, 0.2) is 5.84 Å². The average Bonchev–Trinajstić information content (AvgIpc) is 2.28. The second-order valence-electron chi connectivity index (χ2n) is 3.40. The lowest BCUT2D eigenvalue weighted by atomic mass is 10.2. The number of benzene rings is 1. The maximum Gasteiger partial charge on any atom is 0.170 e. The summed E-state index contributed by atoms with van der Waals surface area (Å²) in [6, 6.07) is 7.03. The monoisotopic (exact) mass is 224 g/mol. The van der Waals surface area contributed by atoms with Gasteiger partial charge in [0.2, 0.25) is 0 Å². The van der Waals surface area contributed by atoms with Gasteiger partial charge in [0.05, 0.1) is 6.61 Å². The van der Waals surface area contributed by atoms with Crippen LogP contribution in [0.2, 0.25) is 0 Å². The molecule has 0 amide bonds. The van der Waals surface area contributed by atoms with E-state index in [1.807, 2.05) is 6.92 Å². The van der Waals surface area contributed by atoms with E-state index in [2.05, 4.69) is 5.16 Å². The van der Waals surface area contributed by atoms with E-state index in [1.165, 1.54) is 0 Å². The van der Waals surface area contributed by atoms with Gasteiger partial charge in [0.25, 0.3) is 0 Å². The minimum atomic E-state index is -0.0486. The molecule has 0 aliphatic heterocycles. The zero-order valence-electron chi connectivity index (χ0n) is 9.38. The van der Waals surface area contributed by atoms with Crippen LogP contribution in [-0.4, -0.2) is 30.9 Å². The highest BCUT2D eigenvalue weighted by Gasteiger charge is 2.05. The lowest BCUT2D eigenvalue weighted by Crippen LogP contribution is -2.18. The fourth-order valence-corrected chi connectivity index (χ4v) is 1.29. The maximum absolute atomic E-state index is 8.55. The van der Waals surface area contributed by atoms with Gasteiger partial charge in [-0.1, -0.05) is 17.3 Å². The fourth-order valence-electron chi connectivity index (χ4n) is 1.29. The van der Waals surface area contributed by atoms with Gasteiger partial charge in [-0.25, -0.2) is 0 Å². The molecule has 0 saturated carbocycles.